The number of carbonyl (C=O) groups excluding carboxylic acids is 1. The number of carbonyl (C=O) groups is 1. The minimum Gasteiger partial charge on any atom is -0.481 e. The van der Waals surface area contributed by atoms with Gasteiger partial charge in [-0.2, -0.15) is 0 Å². The van der Waals surface area contributed by atoms with Gasteiger partial charge in [-0.05, 0) is 61.1 Å². The van der Waals surface area contributed by atoms with Crippen molar-refractivity contribution in [3.8, 4) is 5.75 Å². The van der Waals surface area contributed by atoms with E-state index in [0.717, 1.165) is 11.1 Å². The Morgan fingerprint density at radius 1 is 1.08 bits per heavy atom. The molecule has 2 aromatic carbocycles. The summed E-state index contributed by atoms with van der Waals surface area (Å²) in [5.74, 6) is 0.488. The Hall–Kier alpha value is -2.00. The van der Waals surface area contributed by atoms with Crippen molar-refractivity contribution >= 4 is 17.5 Å². The van der Waals surface area contributed by atoms with Crippen molar-refractivity contribution in [2.24, 2.45) is 0 Å². The van der Waals surface area contributed by atoms with E-state index < -0.39 is 6.10 Å². The number of hydrogen-bond acceptors (Lipinski definition) is 2. The first-order valence-electron chi connectivity index (χ1n) is 8.91. The molecule has 2 aromatic rings. The SMILES string of the molecule is Cc1cc(OC(C)C(=O)NC(C)c2ccc(C(C)(C)C)cc2)ccc1Cl. The van der Waals surface area contributed by atoms with E-state index in [0.29, 0.717) is 10.8 Å². The monoisotopic (exact) mass is 373 g/mol. The fourth-order valence-corrected chi connectivity index (χ4v) is 2.75. The van der Waals surface area contributed by atoms with E-state index in [1.165, 1.54) is 5.56 Å². The second-order valence-electron chi connectivity index (χ2n) is 7.77. The zero-order valence-electron chi connectivity index (χ0n) is 16.4. The highest BCUT2D eigenvalue weighted by Crippen LogP contribution is 2.24. The average Bonchev–Trinajstić information content (AvgIpc) is 2.57. The molecule has 1 N–H and O–H groups in total. The van der Waals surface area contributed by atoms with E-state index in [1.807, 2.05) is 19.9 Å². The Bertz CT molecular complexity index is 763. The summed E-state index contributed by atoms with van der Waals surface area (Å²) in [7, 11) is 0. The molecular weight excluding hydrogens is 346 g/mol. The minimum atomic E-state index is -0.591. The summed E-state index contributed by atoms with van der Waals surface area (Å²) in [5, 5.41) is 3.69. The summed E-state index contributed by atoms with van der Waals surface area (Å²) in [6.07, 6.45) is -0.591. The van der Waals surface area contributed by atoms with E-state index in [4.69, 9.17) is 16.3 Å². The van der Waals surface area contributed by atoms with Crippen LogP contribution in [0.2, 0.25) is 5.02 Å². The third-order valence-corrected chi connectivity index (χ3v) is 4.87. The number of amides is 1. The van der Waals surface area contributed by atoms with E-state index in [-0.39, 0.29) is 17.4 Å². The van der Waals surface area contributed by atoms with Crippen molar-refractivity contribution in [3.05, 3.63) is 64.2 Å². The molecule has 2 unspecified atom stereocenters. The highest BCUT2D eigenvalue weighted by Gasteiger charge is 2.19. The quantitative estimate of drug-likeness (QED) is 0.741. The fraction of sp³-hybridized carbons (Fsp3) is 0.409. The molecule has 140 valence electrons. The molecule has 2 atom stereocenters. The lowest BCUT2D eigenvalue weighted by molar-refractivity contribution is -0.127. The molecule has 26 heavy (non-hydrogen) atoms. The van der Waals surface area contributed by atoms with Crippen LogP contribution in [0.15, 0.2) is 42.5 Å². The molecule has 0 aliphatic carbocycles. The lowest BCUT2D eigenvalue weighted by Crippen LogP contribution is -2.37. The highest BCUT2D eigenvalue weighted by molar-refractivity contribution is 6.31. The predicted molar refractivity (Wildman–Crippen MR) is 108 cm³/mol. The average molecular weight is 374 g/mol. The number of hydrogen-bond donors (Lipinski definition) is 1. The van der Waals surface area contributed by atoms with Crippen molar-refractivity contribution < 1.29 is 9.53 Å². The number of benzene rings is 2. The van der Waals surface area contributed by atoms with Crippen LogP contribution in [-0.4, -0.2) is 12.0 Å². The van der Waals surface area contributed by atoms with Crippen LogP contribution in [-0.2, 0) is 10.2 Å². The lowest BCUT2D eigenvalue weighted by Gasteiger charge is -2.22. The molecule has 0 spiro atoms. The van der Waals surface area contributed by atoms with Gasteiger partial charge in [0.05, 0.1) is 6.04 Å². The Balaban J connectivity index is 1.98. The van der Waals surface area contributed by atoms with Gasteiger partial charge in [0.1, 0.15) is 5.75 Å². The van der Waals surface area contributed by atoms with Crippen LogP contribution in [0.3, 0.4) is 0 Å². The number of nitrogens with one attached hydrogen (secondary N) is 1. The zero-order chi connectivity index (χ0) is 19.5. The van der Waals surface area contributed by atoms with Crippen molar-refractivity contribution in [2.45, 2.75) is 59.1 Å². The summed E-state index contributed by atoms with van der Waals surface area (Å²) in [4.78, 5) is 12.4. The van der Waals surface area contributed by atoms with Gasteiger partial charge in [-0.3, -0.25) is 4.79 Å². The standard InChI is InChI=1S/C22H28ClNO2/c1-14-13-19(11-12-20(14)23)26-16(3)21(25)24-15(2)17-7-9-18(10-8-17)22(4,5)6/h7-13,15-16H,1-6H3,(H,24,25). The predicted octanol–water partition coefficient (Wildman–Crippen LogP) is 5.59. The van der Waals surface area contributed by atoms with Gasteiger partial charge >= 0.3 is 0 Å². The first-order valence-corrected chi connectivity index (χ1v) is 9.29. The molecular formula is C22H28ClNO2. The molecule has 0 aromatic heterocycles. The third-order valence-electron chi connectivity index (χ3n) is 4.45. The molecule has 4 heteroatoms. The molecule has 0 saturated carbocycles. The first kappa shape index (κ1) is 20.3. The smallest absolute Gasteiger partial charge is 0.261 e. The summed E-state index contributed by atoms with van der Waals surface area (Å²) >= 11 is 6.02. The van der Waals surface area contributed by atoms with Gasteiger partial charge < -0.3 is 10.1 Å². The van der Waals surface area contributed by atoms with Crippen molar-refractivity contribution in [1.82, 2.24) is 5.32 Å². The topological polar surface area (TPSA) is 38.3 Å². The van der Waals surface area contributed by atoms with Gasteiger partial charge in [0.2, 0.25) is 0 Å². The third kappa shape index (κ3) is 5.25. The minimum absolute atomic E-state index is 0.0884. The molecule has 0 aliphatic rings. The van der Waals surface area contributed by atoms with Crippen LogP contribution in [0.25, 0.3) is 0 Å². The summed E-state index contributed by atoms with van der Waals surface area (Å²) in [6.45, 7) is 12.2. The van der Waals surface area contributed by atoms with Crippen LogP contribution in [0.4, 0.5) is 0 Å². The lowest BCUT2D eigenvalue weighted by atomic mass is 9.86. The van der Waals surface area contributed by atoms with Crippen molar-refractivity contribution in [1.29, 1.82) is 0 Å². The van der Waals surface area contributed by atoms with Crippen LogP contribution in [0, 0.1) is 6.92 Å². The molecule has 0 bridgehead atoms. The van der Waals surface area contributed by atoms with Crippen LogP contribution >= 0.6 is 11.6 Å². The molecule has 0 aliphatic heterocycles. The first-order chi connectivity index (χ1) is 12.1. The zero-order valence-corrected chi connectivity index (χ0v) is 17.1. The van der Waals surface area contributed by atoms with Gasteiger partial charge in [0.25, 0.3) is 5.91 Å². The summed E-state index contributed by atoms with van der Waals surface area (Å²) in [6, 6.07) is 13.7. The molecule has 0 saturated heterocycles. The van der Waals surface area contributed by atoms with Gasteiger partial charge in [-0.1, -0.05) is 56.6 Å². The second-order valence-corrected chi connectivity index (χ2v) is 8.18. The van der Waals surface area contributed by atoms with Crippen LogP contribution in [0.5, 0.6) is 5.75 Å². The maximum Gasteiger partial charge on any atom is 0.261 e. The number of halogens is 1. The Kier molecular flexibility index (Phi) is 6.35. The van der Waals surface area contributed by atoms with E-state index in [9.17, 15) is 4.79 Å². The van der Waals surface area contributed by atoms with Gasteiger partial charge in [-0.15, -0.1) is 0 Å². The van der Waals surface area contributed by atoms with E-state index in [1.54, 1.807) is 19.1 Å². The summed E-state index contributed by atoms with van der Waals surface area (Å²) < 4.78 is 5.74. The molecule has 0 fully saturated rings. The van der Waals surface area contributed by atoms with Crippen molar-refractivity contribution in [2.75, 3.05) is 0 Å². The maximum atomic E-state index is 12.4. The maximum absolute atomic E-state index is 12.4. The van der Waals surface area contributed by atoms with Crippen molar-refractivity contribution in [3.63, 3.8) is 0 Å². The fourth-order valence-electron chi connectivity index (χ4n) is 2.63. The van der Waals surface area contributed by atoms with Gasteiger partial charge in [0.15, 0.2) is 6.10 Å². The Labute approximate surface area is 161 Å². The molecule has 1 amide bonds. The number of ether oxygens (including phenoxy) is 1. The molecule has 3 nitrogen and oxygen atoms in total. The molecule has 0 heterocycles. The summed E-state index contributed by atoms with van der Waals surface area (Å²) in [5.41, 5.74) is 3.38. The molecule has 0 radical (unpaired) electrons. The normalized spacial score (nSPS) is 13.8. The van der Waals surface area contributed by atoms with E-state index >= 15 is 0 Å². The van der Waals surface area contributed by atoms with Crippen LogP contribution in [0.1, 0.15) is 57.4 Å². The van der Waals surface area contributed by atoms with Gasteiger partial charge in [0, 0.05) is 5.02 Å². The second kappa shape index (κ2) is 8.13. The Morgan fingerprint density at radius 2 is 1.69 bits per heavy atom. The van der Waals surface area contributed by atoms with E-state index in [2.05, 4.69) is 50.4 Å². The molecule has 2 rings (SSSR count). The number of rotatable bonds is 5. The van der Waals surface area contributed by atoms with Gasteiger partial charge in [-0.25, -0.2) is 0 Å². The Morgan fingerprint density at radius 3 is 2.23 bits per heavy atom. The van der Waals surface area contributed by atoms with Crippen LogP contribution < -0.4 is 10.1 Å². The largest absolute Gasteiger partial charge is 0.481 e. The highest BCUT2D eigenvalue weighted by atomic mass is 35.5. The number of aryl methyl sites for hydroxylation is 1.